The molecule has 2 heterocycles. The van der Waals surface area contributed by atoms with Crippen LogP contribution in [0.15, 0.2) is 23.1 Å². The van der Waals surface area contributed by atoms with Crippen molar-refractivity contribution in [3.63, 3.8) is 0 Å². The molecule has 4 nitrogen and oxygen atoms in total. The van der Waals surface area contributed by atoms with Crippen LogP contribution in [0, 0.1) is 0 Å². The lowest BCUT2D eigenvalue weighted by atomic mass is 10.0. The number of anilines is 1. The van der Waals surface area contributed by atoms with Gasteiger partial charge in [-0.1, -0.05) is 0 Å². The summed E-state index contributed by atoms with van der Waals surface area (Å²) in [5, 5.41) is 3.05. The maximum atomic E-state index is 12.3. The summed E-state index contributed by atoms with van der Waals surface area (Å²) >= 11 is 0. The van der Waals surface area contributed by atoms with Crippen molar-refractivity contribution >= 4 is 5.69 Å². The number of halogens is 2. The molecule has 0 aromatic carbocycles. The second-order valence-corrected chi connectivity index (χ2v) is 5.09. The molecule has 1 aromatic rings. The summed E-state index contributed by atoms with van der Waals surface area (Å²) < 4.78 is 26.4. The lowest BCUT2D eigenvalue weighted by Gasteiger charge is -2.32. The Morgan fingerprint density at radius 3 is 2.70 bits per heavy atom. The molecule has 0 amide bonds. The van der Waals surface area contributed by atoms with Gasteiger partial charge in [0.2, 0.25) is 0 Å². The van der Waals surface area contributed by atoms with Crippen LogP contribution in [-0.2, 0) is 0 Å². The van der Waals surface area contributed by atoms with Crippen molar-refractivity contribution in [1.82, 2.24) is 9.47 Å². The first kappa shape index (κ1) is 15.0. The van der Waals surface area contributed by atoms with Crippen LogP contribution < -0.4 is 10.9 Å². The molecule has 1 aliphatic heterocycles. The summed E-state index contributed by atoms with van der Waals surface area (Å²) in [5.41, 5.74) is 0.576. The highest BCUT2D eigenvalue weighted by molar-refractivity contribution is 5.40. The number of nitrogens with one attached hydrogen (secondary N) is 1. The predicted molar refractivity (Wildman–Crippen MR) is 75.6 cm³/mol. The summed E-state index contributed by atoms with van der Waals surface area (Å²) in [6, 6.07) is 3.73. The average molecular weight is 285 g/mol. The van der Waals surface area contributed by atoms with Crippen molar-refractivity contribution < 1.29 is 8.78 Å². The fourth-order valence-corrected chi connectivity index (χ4v) is 2.70. The smallest absolute Gasteiger partial charge is 0.274 e. The van der Waals surface area contributed by atoms with E-state index in [0.717, 1.165) is 12.8 Å². The lowest BCUT2D eigenvalue weighted by Crippen LogP contribution is -2.39. The molecule has 6 heteroatoms. The minimum absolute atomic E-state index is 0.0262. The number of aromatic nitrogens is 1. The number of piperidine rings is 1. The topological polar surface area (TPSA) is 37.3 Å². The highest BCUT2D eigenvalue weighted by Gasteiger charge is 2.23. The van der Waals surface area contributed by atoms with E-state index in [1.165, 1.54) is 0 Å². The molecule has 1 saturated heterocycles. The Labute approximate surface area is 117 Å². The van der Waals surface area contributed by atoms with Gasteiger partial charge in [0.1, 0.15) is 5.69 Å². The molecule has 0 spiro atoms. The third-order valence-electron chi connectivity index (χ3n) is 3.69. The molecule has 0 unspecified atom stereocenters. The van der Waals surface area contributed by atoms with Crippen LogP contribution in [0.1, 0.15) is 25.8 Å². The number of hydrogen-bond acceptors (Lipinski definition) is 3. The number of nitrogens with zero attached hydrogens (tertiary/aromatic N) is 2. The first-order valence-electron chi connectivity index (χ1n) is 7.07. The molecule has 0 radical (unpaired) electrons. The van der Waals surface area contributed by atoms with E-state index >= 15 is 0 Å². The van der Waals surface area contributed by atoms with Crippen molar-refractivity contribution in [3.05, 3.63) is 28.7 Å². The van der Waals surface area contributed by atoms with Gasteiger partial charge in [0.05, 0.1) is 6.54 Å². The first-order valence-corrected chi connectivity index (χ1v) is 7.07. The summed E-state index contributed by atoms with van der Waals surface area (Å²) in [4.78, 5) is 14.0. The van der Waals surface area contributed by atoms with E-state index in [1.54, 1.807) is 21.7 Å². The Morgan fingerprint density at radius 2 is 2.10 bits per heavy atom. The molecule has 1 aromatic heterocycles. The zero-order valence-electron chi connectivity index (χ0n) is 11.7. The summed E-state index contributed by atoms with van der Waals surface area (Å²) in [5.74, 6) is 0. The van der Waals surface area contributed by atoms with Crippen molar-refractivity contribution in [2.45, 2.75) is 32.2 Å². The summed E-state index contributed by atoms with van der Waals surface area (Å²) in [7, 11) is 0. The molecule has 20 heavy (non-hydrogen) atoms. The Balaban J connectivity index is 2.03. The molecule has 1 aliphatic rings. The third kappa shape index (κ3) is 3.56. The standard InChI is InChI=1S/C14H21F2N3O/c1-2-17-12-4-3-7-19(14(12)20)11-5-8-18(9-6-11)10-13(15)16/h3-4,7,11,13,17H,2,5-6,8-10H2,1H3. The van der Waals surface area contributed by atoms with Gasteiger partial charge in [-0.15, -0.1) is 0 Å². The molecule has 0 saturated carbocycles. The van der Waals surface area contributed by atoms with E-state index in [1.807, 2.05) is 13.0 Å². The highest BCUT2D eigenvalue weighted by atomic mass is 19.3. The molecular weight excluding hydrogens is 264 g/mol. The molecule has 0 aliphatic carbocycles. The van der Waals surface area contributed by atoms with Gasteiger partial charge in [-0.3, -0.25) is 9.69 Å². The minimum Gasteiger partial charge on any atom is -0.381 e. The number of hydrogen-bond donors (Lipinski definition) is 1. The Hall–Kier alpha value is -1.43. The molecule has 1 N–H and O–H groups in total. The Bertz CT molecular complexity index is 482. The zero-order chi connectivity index (χ0) is 14.5. The van der Waals surface area contributed by atoms with E-state index in [2.05, 4.69) is 5.32 Å². The fraction of sp³-hybridized carbons (Fsp3) is 0.643. The molecule has 0 atom stereocenters. The Morgan fingerprint density at radius 1 is 1.40 bits per heavy atom. The van der Waals surface area contributed by atoms with Crippen LogP contribution in [0.5, 0.6) is 0 Å². The van der Waals surface area contributed by atoms with Gasteiger partial charge in [-0.05, 0) is 31.9 Å². The predicted octanol–water partition coefficient (Wildman–Crippen LogP) is 2.18. The van der Waals surface area contributed by atoms with Gasteiger partial charge in [-0.25, -0.2) is 8.78 Å². The van der Waals surface area contributed by atoms with Gasteiger partial charge in [0.15, 0.2) is 0 Å². The quantitative estimate of drug-likeness (QED) is 0.901. The van der Waals surface area contributed by atoms with Crippen molar-refractivity contribution in [3.8, 4) is 0 Å². The van der Waals surface area contributed by atoms with Gasteiger partial charge in [0, 0.05) is 31.9 Å². The minimum atomic E-state index is -2.29. The van der Waals surface area contributed by atoms with E-state index in [-0.39, 0.29) is 18.1 Å². The summed E-state index contributed by atoms with van der Waals surface area (Å²) in [6.45, 7) is 3.71. The SMILES string of the molecule is CCNc1cccn(C2CCN(CC(F)F)CC2)c1=O. The van der Waals surface area contributed by atoms with E-state index in [4.69, 9.17) is 0 Å². The van der Waals surface area contributed by atoms with Crippen LogP contribution in [0.25, 0.3) is 0 Å². The van der Waals surface area contributed by atoms with Crippen LogP contribution in [0.2, 0.25) is 0 Å². The molecule has 1 fully saturated rings. The normalized spacial score (nSPS) is 17.6. The van der Waals surface area contributed by atoms with Crippen molar-refractivity contribution in [2.24, 2.45) is 0 Å². The fourth-order valence-electron chi connectivity index (χ4n) is 2.70. The number of likely N-dealkylation sites (tertiary alicyclic amines) is 1. The van der Waals surface area contributed by atoms with E-state index in [0.29, 0.717) is 25.3 Å². The van der Waals surface area contributed by atoms with Gasteiger partial charge >= 0.3 is 0 Å². The zero-order valence-corrected chi connectivity index (χ0v) is 11.7. The number of alkyl halides is 2. The van der Waals surface area contributed by atoms with Crippen LogP contribution in [-0.4, -0.2) is 42.1 Å². The number of pyridine rings is 1. The third-order valence-corrected chi connectivity index (χ3v) is 3.69. The number of rotatable bonds is 5. The van der Waals surface area contributed by atoms with Crippen LogP contribution in [0.3, 0.4) is 0 Å². The van der Waals surface area contributed by atoms with Crippen LogP contribution >= 0.6 is 0 Å². The monoisotopic (exact) mass is 285 g/mol. The largest absolute Gasteiger partial charge is 0.381 e. The van der Waals surface area contributed by atoms with Crippen LogP contribution in [0.4, 0.5) is 14.5 Å². The molecular formula is C14H21F2N3O. The van der Waals surface area contributed by atoms with Gasteiger partial charge < -0.3 is 9.88 Å². The Kier molecular flexibility index (Phi) is 5.11. The van der Waals surface area contributed by atoms with Gasteiger partial charge in [-0.2, -0.15) is 0 Å². The summed E-state index contributed by atoms with van der Waals surface area (Å²) in [6.07, 6.45) is 0.979. The maximum absolute atomic E-state index is 12.3. The highest BCUT2D eigenvalue weighted by Crippen LogP contribution is 2.21. The molecule has 2 rings (SSSR count). The van der Waals surface area contributed by atoms with Crippen molar-refractivity contribution in [2.75, 3.05) is 31.5 Å². The average Bonchev–Trinajstić information content (AvgIpc) is 2.42. The molecule has 0 bridgehead atoms. The molecule has 112 valence electrons. The van der Waals surface area contributed by atoms with E-state index < -0.39 is 6.43 Å². The van der Waals surface area contributed by atoms with Crippen molar-refractivity contribution in [1.29, 1.82) is 0 Å². The maximum Gasteiger partial charge on any atom is 0.274 e. The lowest BCUT2D eigenvalue weighted by molar-refractivity contribution is 0.0699. The second kappa shape index (κ2) is 6.83. The van der Waals surface area contributed by atoms with E-state index in [9.17, 15) is 13.6 Å². The van der Waals surface area contributed by atoms with Gasteiger partial charge in [0.25, 0.3) is 12.0 Å². The second-order valence-electron chi connectivity index (χ2n) is 5.09. The first-order chi connectivity index (χ1) is 9.61.